The Balaban J connectivity index is 1.47. The van der Waals surface area contributed by atoms with Crippen molar-refractivity contribution in [3.63, 3.8) is 0 Å². The summed E-state index contributed by atoms with van der Waals surface area (Å²) in [5.74, 6) is 1.59. The van der Waals surface area contributed by atoms with Gasteiger partial charge in [0.15, 0.2) is 0 Å². The lowest BCUT2D eigenvalue weighted by Gasteiger charge is -2.33. The lowest BCUT2D eigenvalue weighted by atomic mass is 10.1. The van der Waals surface area contributed by atoms with E-state index in [4.69, 9.17) is 14.2 Å². The van der Waals surface area contributed by atoms with Crippen molar-refractivity contribution in [2.24, 2.45) is 0 Å². The maximum atomic E-state index is 13.3. The first kappa shape index (κ1) is 19.7. The van der Waals surface area contributed by atoms with Gasteiger partial charge in [0.1, 0.15) is 17.6 Å². The number of carbonyl (C=O) groups excluding carboxylic acids is 1. The van der Waals surface area contributed by atoms with Gasteiger partial charge in [0, 0.05) is 18.8 Å². The van der Waals surface area contributed by atoms with E-state index in [2.05, 4.69) is 9.97 Å². The van der Waals surface area contributed by atoms with Gasteiger partial charge in [0.25, 0.3) is 5.91 Å². The molecule has 0 radical (unpaired) electrons. The first-order chi connectivity index (χ1) is 14.7. The van der Waals surface area contributed by atoms with Crippen LogP contribution in [0, 0.1) is 0 Å². The Morgan fingerprint density at radius 3 is 2.70 bits per heavy atom. The van der Waals surface area contributed by atoms with E-state index < -0.39 is 0 Å². The van der Waals surface area contributed by atoms with Crippen molar-refractivity contribution in [2.75, 3.05) is 20.2 Å². The van der Waals surface area contributed by atoms with Gasteiger partial charge in [0.2, 0.25) is 5.88 Å². The van der Waals surface area contributed by atoms with Crippen LogP contribution in [0.5, 0.6) is 23.4 Å². The molecule has 4 rings (SSSR count). The molecule has 1 aromatic heterocycles. The number of hydrogen-bond donors (Lipinski definition) is 0. The Kier molecular flexibility index (Phi) is 6.08. The van der Waals surface area contributed by atoms with Crippen molar-refractivity contribution < 1.29 is 19.0 Å². The number of likely N-dealkylation sites (tertiary alicyclic amines) is 1. The highest BCUT2D eigenvalue weighted by Gasteiger charge is 2.27. The zero-order valence-corrected chi connectivity index (χ0v) is 16.7. The Bertz CT molecular complexity index is 997. The van der Waals surface area contributed by atoms with E-state index in [1.807, 2.05) is 48.5 Å². The molecule has 7 heteroatoms. The standard InChI is InChI=1S/C23H23N3O4/c1-28-23-24-14-13-21(25-23)30-18-10-7-15-26(16-18)22(27)19-11-5-6-12-20(19)29-17-8-3-2-4-9-17/h2-6,8-9,11-14,18H,7,10,15-16H2,1H3. The topological polar surface area (TPSA) is 73.8 Å². The van der Waals surface area contributed by atoms with Crippen molar-refractivity contribution in [3.05, 3.63) is 72.4 Å². The minimum Gasteiger partial charge on any atom is -0.472 e. The lowest BCUT2D eigenvalue weighted by molar-refractivity contribution is 0.0523. The van der Waals surface area contributed by atoms with Gasteiger partial charge in [-0.05, 0) is 37.1 Å². The first-order valence-electron chi connectivity index (χ1n) is 9.88. The summed E-state index contributed by atoms with van der Waals surface area (Å²) in [4.78, 5) is 23.2. The molecule has 1 atom stereocenters. The van der Waals surface area contributed by atoms with Gasteiger partial charge in [-0.15, -0.1) is 0 Å². The van der Waals surface area contributed by atoms with E-state index >= 15 is 0 Å². The van der Waals surface area contributed by atoms with Crippen LogP contribution in [0.4, 0.5) is 0 Å². The number of amides is 1. The van der Waals surface area contributed by atoms with Crippen molar-refractivity contribution in [1.82, 2.24) is 14.9 Å². The molecule has 2 heterocycles. The molecule has 1 fully saturated rings. The molecule has 1 saturated heterocycles. The molecule has 30 heavy (non-hydrogen) atoms. The molecule has 2 aromatic carbocycles. The summed E-state index contributed by atoms with van der Waals surface area (Å²) in [6.07, 6.45) is 3.13. The minimum absolute atomic E-state index is 0.0740. The van der Waals surface area contributed by atoms with Gasteiger partial charge >= 0.3 is 6.01 Å². The van der Waals surface area contributed by atoms with E-state index in [0.29, 0.717) is 36.0 Å². The number of methoxy groups -OCH3 is 1. The van der Waals surface area contributed by atoms with E-state index in [9.17, 15) is 4.79 Å². The van der Waals surface area contributed by atoms with Crippen LogP contribution in [0.2, 0.25) is 0 Å². The number of rotatable bonds is 6. The van der Waals surface area contributed by atoms with E-state index in [-0.39, 0.29) is 18.0 Å². The molecule has 0 N–H and O–H groups in total. The summed E-state index contributed by atoms with van der Waals surface area (Å²) in [5, 5.41) is 0. The number of aromatic nitrogens is 2. The number of carbonyl (C=O) groups is 1. The Hall–Kier alpha value is -3.61. The normalized spacial score (nSPS) is 16.0. The molecule has 1 aliphatic heterocycles. The third-order valence-electron chi connectivity index (χ3n) is 4.83. The fraction of sp³-hybridized carbons (Fsp3) is 0.261. The quantitative estimate of drug-likeness (QED) is 0.618. The molecular weight excluding hydrogens is 382 g/mol. The number of benzene rings is 2. The Morgan fingerprint density at radius 1 is 1.07 bits per heavy atom. The van der Waals surface area contributed by atoms with Gasteiger partial charge in [-0.2, -0.15) is 4.98 Å². The van der Waals surface area contributed by atoms with Gasteiger partial charge in [-0.1, -0.05) is 30.3 Å². The molecule has 1 unspecified atom stereocenters. The number of nitrogens with zero attached hydrogens (tertiary/aromatic N) is 3. The fourth-order valence-corrected chi connectivity index (χ4v) is 3.40. The van der Waals surface area contributed by atoms with Crippen LogP contribution >= 0.6 is 0 Å². The van der Waals surface area contributed by atoms with Crippen LogP contribution in [0.15, 0.2) is 66.9 Å². The molecule has 0 bridgehead atoms. The van der Waals surface area contributed by atoms with Gasteiger partial charge in [-0.25, -0.2) is 4.98 Å². The molecule has 7 nitrogen and oxygen atoms in total. The van der Waals surface area contributed by atoms with Crippen LogP contribution in [0.1, 0.15) is 23.2 Å². The van der Waals surface area contributed by atoms with Crippen LogP contribution in [-0.4, -0.2) is 47.1 Å². The molecule has 3 aromatic rings. The van der Waals surface area contributed by atoms with E-state index in [1.54, 1.807) is 23.2 Å². The number of para-hydroxylation sites is 2. The smallest absolute Gasteiger partial charge is 0.319 e. The predicted octanol–water partition coefficient (Wildman–Crippen LogP) is 3.96. The fourth-order valence-electron chi connectivity index (χ4n) is 3.40. The Labute approximate surface area is 175 Å². The second-order valence-electron chi connectivity index (χ2n) is 6.93. The van der Waals surface area contributed by atoms with Crippen molar-refractivity contribution in [2.45, 2.75) is 18.9 Å². The molecule has 0 saturated carbocycles. The van der Waals surface area contributed by atoms with Crippen molar-refractivity contribution in [3.8, 4) is 23.4 Å². The maximum absolute atomic E-state index is 13.3. The molecule has 154 valence electrons. The van der Waals surface area contributed by atoms with Gasteiger partial charge < -0.3 is 19.1 Å². The van der Waals surface area contributed by atoms with Crippen LogP contribution in [-0.2, 0) is 0 Å². The highest BCUT2D eigenvalue weighted by Crippen LogP contribution is 2.27. The highest BCUT2D eigenvalue weighted by molar-refractivity contribution is 5.97. The Morgan fingerprint density at radius 2 is 1.87 bits per heavy atom. The summed E-state index contributed by atoms with van der Waals surface area (Å²) in [6.45, 7) is 1.15. The minimum atomic E-state index is -0.149. The summed E-state index contributed by atoms with van der Waals surface area (Å²) < 4.78 is 17.0. The summed E-state index contributed by atoms with van der Waals surface area (Å²) in [6, 6.07) is 18.7. The van der Waals surface area contributed by atoms with Gasteiger partial charge in [0.05, 0.1) is 19.2 Å². The third-order valence-corrected chi connectivity index (χ3v) is 4.83. The monoisotopic (exact) mass is 405 g/mol. The second kappa shape index (κ2) is 9.26. The van der Waals surface area contributed by atoms with Crippen LogP contribution in [0.25, 0.3) is 0 Å². The maximum Gasteiger partial charge on any atom is 0.319 e. The average Bonchev–Trinajstić information content (AvgIpc) is 2.80. The SMILES string of the molecule is COc1nccc(OC2CCCN(C(=O)c3ccccc3Oc3ccccc3)C2)n1. The molecule has 0 aliphatic carbocycles. The second-order valence-corrected chi connectivity index (χ2v) is 6.93. The molecular formula is C23H23N3O4. The molecule has 0 spiro atoms. The average molecular weight is 405 g/mol. The summed E-state index contributed by atoms with van der Waals surface area (Å²) >= 11 is 0. The summed E-state index contributed by atoms with van der Waals surface area (Å²) in [7, 11) is 1.51. The predicted molar refractivity (Wildman–Crippen MR) is 111 cm³/mol. The number of ether oxygens (including phenoxy) is 3. The molecule has 1 aliphatic rings. The largest absolute Gasteiger partial charge is 0.472 e. The number of piperidine rings is 1. The number of hydrogen-bond acceptors (Lipinski definition) is 6. The third kappa shape index (κ3) is 4.68. The lowest BCUT2D eigenvalue weighted by Crippen LogP contribution is -2.44. The summed E-state index contributed by atoms with van der Waals surface area (Å²) in [5.41, 5.74) is 0.533. The van der Waals surface area contributed by atoms with Crippen molar-refractivity contribution in [1.29, 1.82) is 0 Å². The molecule has 1 amide bonds. The first-order valence-corrected chi connectivity index (χ1v) is 9.88. The zero-order chi connectivity index (χ0) is 20.8. The van der Waals surface area contributed by atoms with Crippen LogP contribution < -0.4 is 14.2 Å². The van der Waals surface area contributed by atoms with Crippen LogP contribution in [0.3, 0.4) is 0 Å². The zero-order valence-electron chi connectivity index (χ0n) is 16.7. The van der Waals surface area contributed by atoms with Crippen molar-refractivity contribution >= 4 is 5.91 Å². The van der Waals surface area contributed by atoms with E-state index in [0.717, 1.165) is 12.8 Å². The van der Waals surface area contributed by atoms with E-state index in [1.165, 1.54) is 7.11 Å². The van der Waals surface area contributed by atoms with Gasteiger partial charge in [-0.3, -0.25) is 4.79 Å². The highest BCUT2D eigenvalue weighted by atomic mass is 16.5.